The number of benzene rings is 1. The Morgan fingerprint density at radius 1 is 1.12 bits per heavy atom. The maximum Gasteiger partial charge on any atom is 0.270 e. The van der Waals surface area contributed by atoms with Crippen molar-refractivity contribution in [2.24, 2.45) is 0 Å². The fraction of sp³-hybridized carbons (Fsp3) is 0.421. The number of aromatic nitrogens is 2. The Bertz CT molecular complexity index is 753. The lowest BCUT2D eigenvalue weighted by Crippen LogP contribution is -2.45. The molecule has 1 fully saturated rings. The number of aryl methyl sites for hydroxylation is 2. The second kappa shape index (κ2) is 7.61. The molecule has 2 aromatic rings. The van der Waals surface area contributed by atoms with Gasteiger partial charge in [0.05, 0.1) is 0 Å². The molecule has 1 saturated heterocycles. The van der Waals surface area contributed by atoms with Crippen molar-refractivity contribution in [3.8, 4) is 0 Å². The van der Waals surface area contributed by atoms with Crippen LogP contribution in [0.1, 0.15) is 27.3 Å². The van der Waals surface area contributed by atoms with Gasteiger partial charge in [0.1, 0.15) is 5.69 Å². The van der Waals surface area contributed by atoms with E-state index < -0.39 is 0 Å². The molecule has 1 aromatic carbocycles. The van der Waals surface area contributed by atoms with Gasteiger partial charge in [-0.3, -0.25) is 4.79 Å². The zero-order chi connectivity index (χ0) is 17.8. The van der Waals surface area contributed by atoms with Crippen molar-refractivity contribution in [2.75, 3.05) is 38.1 Å². The molecule has 0 spiro atoms. The Hall–Kier alpha value is -2.47. The molecule has 0 bridgehead atoms. The van der Waals surface area contributed by atoms with E-state index >= 15 is 0 Å². The number of anilines is 1. The minimum Gasteiger partial charge on any atom is -0.347 e. The lowest BCUT2D eigenvalue weighted by atomic mass is 10.1. The molecule has 1 aliphatic heterocycles. The number of rotatable bonds is 4. The number of carbonyl (C=O) groups is 1. The van der Waals surface area contributed by atoms with Crippen LogP contribution in [0.4, 0.5) is 5.95 Å². The molecule has 3 rings (SSSR count). The van der Waals surface area contributed by atoms with E-state index in [4.69, 9.17) is 0 Å². The van der Waals surface area contributed by atoms with Crippen LogP contribution in [-0.4, -0.2) is 54.0 Å². The average Bonchev–Trinajstić information content (AvgIpc) is 2.61. The van der Waals surface area contributed by atoms with Crippen LogP contribution in [0.25, 0.3) is 0 Å². The second-order valence-corrected chi connectivity index (χ2v) is 6.59. The number of hydrogen-bond acceptors (Lipinski definition) is 5. The minimum absolute atomic E-state index is 0.163. The lowest BCUT2D eigenvalue weighted by Gasteiger charge is -2.32. The molecule has 1 aromatic heterocycles. The molecule has 2 heterocycles. The summed E-state index contributed by atoms with van der Waals surface area (Å²) in [5.74, 6) is 0.485. The van der Waals surface area contributed by atoms with E-state index in [9.17, 15) is 4.79 Å². The van der Waals surface area contributed by atoms with Gasteiger partial charge in [-0.25, -0.2) is 9.97 Å². The molecule has 0 saturated carbocycles. The van der Waals surface area contributed by atoms with E-state index in [0.29, 0.717) is 18.2 Å². The molecule has 0 radical (unpaired) electrons. The third-order valence-corrected chi connectivity index (χ3v) is 4.56. The van der Waals surface area contributed by atoms with Gasteiger partial charge < -0.3 is 15.1 Å². The number of hydrogen-bond donors (Lipinski definition) is 1. The third kappa shape index (κ3) is 4.33. The number of nitrogens with zero attached hydrogens (tertiary/aromatic N) is 4. The fourth-order valence-corrected chi connectivity index (χ4v) is 2.89. The van der Waals surface area contributed by atoms with Gasteiger partial charge in [0.15, 0.2) is 0 Å². The van der Waals surface area contributed by atoms with Gasteiger partial charge in [0.25, 0.3) is 5.91 Å². The Labute approximate surface area is 148 Å². The SMILES string of the molecule is Cc1cc(C(=O)NCc2ccccc2C)nc(N2CCN(C)CC2)n1. The third-order valence-electron chi connectivity index (χ3n) is 4.56. The fourth-order valence-electron chi connectivity index (χ4n) is 2.89. The van der Waals surface area contributed by atoms with Crippen LogP contribution in [0.2, 0.25) is 0 Å². The first-order chi connectivity index (χ1) is 12.0. The van der Waals surface area contributed by atoms with Crippen molar-refractivity contribution in [1.82, 2.24) is 20.2 Å². The highest BCUT2D eigenvalue weighted by Crippen LogP contribution is 2.13. The van der Waals surface area contributed by atoms with Gasteiger partial charge in [-0.1, -0.05) is 24.3 Å². The molecular weight excluding hydrogens is 314 g/mol. The van der Waals surface area contributed by atoms with E-state index in [1.807, 2.05) is 38.1 Å². The molecule has 1 aliphatic rings. The first-order valence-corrected chi connectivity index (χ1v) is 8.65. The van der Waals surface area contributed by atoms with Crippen molar-refractivity contribution in [2.45, 2.75) is 20.4 Å². The minimum atomic E-state index is -0.163. The molecule has 25 heavy (non-hydrogen) atoms. The van der Waals surface area contributed by atoms with E-state index in [1.165, 1.54) is 5.56 Å². The average molecular weight is 339 g/mol. The molecule has 0 unspecified atom stereocenters. The van der Waals surface area contributed by atoms with E-state index in [1.54, 1.807) is 6.07 Å². The summed E-state index contributed by atoms with van der Waals surface area (Å²) in [7, 11) is 2.11. The maximum atomic E-state index is 12.5. The smallest absolute Gasteiger partial charge is 0.270 e. The summed E-state index contributed by atoms with van der Waals surface area (Å²) < 4.78 is 0. The zero-order valence-electron chi connectivity index (χ0n) is 15.1. The summed E-state index contributed by atoms with van der Waals surface area (Å²) >= 11 is 0. The Morgan fingerprint density at radius 2 is 1.84 bits per heavy atom. The predicted octanol–water partition coefficient (Wildman–Crippen LogP) is 1.78. The maximum absolute atomic E-state index is 12.5. The van der Waals surface area contributed by atoms with Crippen LogP contribution >= 0.6 is 0 Å². The monoisotopic (exact) mass is 339 g/mol. The van der Waals surface area contributed by atoms with Crippen LogP contribution in [0.15, 0.2) is 30.3 Å². The normalized spacial score (nSPS) is 15.2. The van der Waals surface area contributed by atoms with Crippen molar-refractivity contribution in [3.05, 3.63) is 52.8 Å². The summed E-state index contributed by atoms with van der Waals surface area (Å²) in [4.78, 5) is 26.0. The summed E-state index contributed by atoms with van der Waals surface area (Å²) in [5.41, 5.74) is 3.51. The van der Waals surface area contributed by atoms with Crippen molar-refractivity contribution >= 4 is 11.9 Å². The van der Waals surface area contributed by atoms with Gasteiger partial charge >= 0.3 is 0 Å². The van der Waals surface area contributed by atoms with Crippen LogP contribution < -0.4 is 10.2 Å². The Balaban J connectivity index is 1.71. The summed E-state index contributed by atoms with van der Waals surface area (Å²) in [6.45, 7) is 8.16. The topological polar surface area (TPSA) is 61.4 Å². The van der Waals surface area contributed by atoms with E-state index in [0.717, 1.165) is 37.4 Å². The largest absolute Gasteiger partial charge is 0.347 e. The number of piperazine rings is 1. The van der Waals surface area contributed by atoms with Crippen LogP contribution in [-0.2, 0) is 6.54 Å². The van der Waals surface area contributed by atoms with E-state index in [2.05, 4.69) is 32.1 Å². The quantitative estimate of drug-likeness (QED) is 0.920. The van der Waals surface area contributed by atoms with Crippen LogP contribution in [0.3, 0.4) is 0 Å². The van der Waals surface area contributed by atoms with Crippen LogP contribution in [0, 0.1) is 13.8 Å². The molecule has 1 N–H and O–H groups in total. The number of likely N-dealkylation sites (N-methyl/N-ethyl adjacent to an activating group) is 1. The first kappa shape index (κ1) is 17.4. The standard InChI is InChI=1S/C19H25N5O/c1-14-6-4-5-7-16(14)13-20-18(25)17-12-15(2)21-19(22-17)24-10-8-23(3)9-11-24/h4-7,12H,8-11,13H2,1-3H3,(H,20,25). The number of amides is 1. The summed E-state index contributed by atoms with van der Waals surface area (Å²) in [6.07, 6.45) is 0. The molecule has 0 aliphatic carbocycles. The summed E-state index contributed by atoms with van der Waals surface area (Å²) in [6, 6.07) is 9.79. The van der Waals surface area contributed by atoms with Gasteiger partial charge in [-0.05, 0) is 38.1 Å². The van der Waals surface area contributed by atoms with Gasteiger partial charge in [0, 0.05) is 38.4 Å². The molecule has 132 valence electrons. The molecule has 6 nitrogen and oxygen atoms in total. The molecule has 1 amide bonds. The van der Waals surface area contributed by atoms with Crippen molar-refractivity contribution in [3.63, 3.8) is 0 Å². The highest BCUT2D eigenvalue weighted by Gasteiger charge is 2.19. The number of carbonyl (C=O) groups excluding carboxylic acids is 1. The Kier molecular flexibility index (Phi) is 5.28. The Morgan fingerprint density at radius 3 is 2.56 bits per heavy atom. The second-order valence-electron chi connectivity index (χ2n) is 6.59. The summed E-state index contributed by atoms with van der Waals surface area (Å²) in [5, 5.41) is 2.96. The van der Waals surface area contributed by atoms with Crippen molar-refractivity contribution in [1.29, 1.82) is 0 Å². The number of nitrogens with one attached hydrogen (secondary N) is 1. The van der Waals surface area contributed by atoms with Gasteiger partial charge in [-0.2, -0.15) is 0 Å². The first-order valence-electron chi connectivity index (χ1n) is 8.65. The van der Waals surface area contributed by atoms with Crippen LogP contribution in [0.5, 0.6) is 0 Å². The van der Waals surface area contributed by atoms with Crippen molar-refractivity contribution < 1.29 is 4.79 Å². The highest BCUT2D eigenvalue weighted by molar-refractivity contribution is 5.92. The molecule has 6 heteroatoms. The van der Waals surface area contributed by atoms with Gasteiger partial charge in [0.2, 0.25) is 5.95 Å². The zero-order valence-corrected chi connectivity index (χ0v) is 15.1. The van der Waals surface area contributed by atoms with Gasteiger partial charge in [-0.15, -0.1) is 0 Å². The van der Waals surface area contributed by atoms with E-state index in [-0.39, 0.29) is 5.91 Å². The molecular formula is C19H25N5O. The lowest BCUT2D eigenvalue weighted by molar-refractivity contribution is 0.0945. The highest BCUT2D eigenvalue weighted by atomic mass is 16.1. The molecule has 0 atom stereocenters. The predicted molar refractivity (Wildman–Crippen MR) is 98.8 cm³/mol.